The molecule has 1 heterocycles. The first-order chi connectivity index (χ1) is 8.99. The maximum Gasteiger partial charge on any atom is 0.237 e. The Hall–Kier alpha value is -2.37. The van der Waals surface area contributed by atoms with Gasteiger partial charge >= 0.3 is 0 Å². The van der Waals surface area contributed by atoms with E-state index in [9.17, 15) is 4.79 Å². The Labute approximate surface area is 111 Å². The van der Waals surface area contributed by atoms with Gasteiger partial charge < -0.3 is 16.4 Å². The number of nitrogens with two attached hydrogens (primary N) is 2. The number of amides is 1. The number of fused-ring (bicyclic) bond motifs is 1. The van der Waals surface area contributed by atoms with E-state index in [0.717, 1.165) is 10.9 Å². The predicted molar refractivity (Wildman–Crippen MR) is 75.6 cm³/mol. The summed E-state index contributed by atoms with van der Waals surface area (Å²) in [6.45, 7) is 4.06. The molecule has 0 saturated heterocycles. The second kappa shape index (κ2) is 5.09. The van der Waals surface area contributed by atoms with E-state index in [-0.39, 0.29) is 12.6 Å². The number of benzene rings is 1. The highest BCUT2D eigenvalue weighted by atomic mass is 16.1. The summed E-state index contributed by atoms with van der Waals surface area (Å²) in [4.78, 5) is 21.5. The fraction of sp³-hybridized carbons (Fsp3) is 0.308. The highest BCUT2D eigenvalue weighted by Crippen LogP contribution is 2.25. The molecule has 0 aliphatic rings. The average Bonchev–Trinajstić information content (AvgIpc) is 2.35. The van der Waals surface area contributed by atoms with Crippen molar-refractivity contribution in [1.29, 1.82) is 0 Å². The number of primary amides is 1. The van der Waals surface area contributed by atoms with Crippen LogP contribution in [0.25, 0.3) is 10.9 Å². The Morgan fingerprint density at radius 3 is 2.74 bits per heavy atom. The molecule has 0 unspecified atom stereocenters. The fourth-order valence-electron chi connectivity index (χ4n) is 1.96. The molecule has 0 aliphatic heterocycles. The monoisotopic (exact) mass is 259 g/mol. The van der Waals surface area contributed by atoms with Gasteiger partial charge in [-0.05, 0) is 32.0 Å². The Bertz CT molecular complexity index is 611. The van der Waals surface area contributed by atoms with Crippen LogP contribution in [0.4, 0.5) is 11.5 Å². The Morgan fingerprint density at radius 2 is 2.11 bits per heavy atom. The predicted octanol–water partition coefficient (Wildman–Crippen LogP) is 0.912. The number of nitrogen functional groups attached to an aromatic ring is 1. The summed E-state index contributed by atoms with van der Waals surface area (Å²) in [6.07, 6.45) is 1.48. The maximum atomic E-state index is 11.2. The molecule has 0 bridgehead atoms. The summed E-state index contributed by atoms with van der Waals surface area (Å²) in [5, 5.41) is 0.817. The third kappa shape index (κ3) is 2.73. The van der Waals surface area contributed by atoms with Gasteiger partial charge in [0.25, 0.3) is 0 Å². The molecule has 0 saturated carbocycles. The lowest BCUT2D eigenvalue weighted by Gasteiger charge is -2.27. The van der Waals surface area contributed by atoms with Crippen molar-refractivity contribution in [2.75, 3.05) is 17.2 Å². The van der Waals surface area contributed by atoms with E-state index in [1.54, 1.807) is 12.1 Å². The smallest absolute Gasteiger partial charge is 0.237 e. The van der Waals surface area contributed by atoms with Crippen LogP contribution in [0, 0.1) is 0 Å². The minimum Gasteiger partial charge on any atom is -0.399 e. The van der Waals surface area contributed by atoms with Crippen LogP contribution in [0.5, 0.6) is 0 Å². The summed E-state index contributed by atoms with van der Waals surface area (Å²) < 4.78 is 0. The molecular weight excluding hydrogens is 242 g/mol. The third-order valence-corrected chi connectivity index (χ3v) is 2.86. The van der Waals surface area contributed by atoms with Crippen LogP contribution in [-0.4, -0.2) is 28.5 Å². The molecule has 1 aromatic heterocycles. The van der Waals surface area contributed by atoms with Gasteiger partial charge in [-0.15, -0.1) is 0 Å². The molecule has 0 radical (unpaired) electrons. The zero-order valence-corrected chi connectivity index (χ0v) is 11.0. The minimum absolute atomic E-state index is 0.0898. The molecule has 0 aliphatic carbocycles. The van der Waals surface area contributed by atoms with Crippen molar-refractivity contribution in [3.05, 3.63) is 24.5 Å². The van der Waals surface area contributed by atoms with Gasteiger partial charge in [-0.3, -0.25) is 4.79 Å². The number of anilines is 2. The van der Waals surface area contributed by atoms with Crippen molar-refractivity contribution in [3.8, 4) is 0 Å². The lowest BCUT2D eigenvalue weighted by atomic mass is 10.2. The van der Waals surface area contributed by atoms with Gasteiger partial charge in [0.2, 0.25) is 5.91 Å². The standard InChI is InChI=1S/C13H17N5O/c1-8(2)18(6-12(15)19)13-10-5-9(14)3-4-11(10)16-7-17-13/h3-5,7-8H,6,14H2,1-2H3,(H2,15,19). The highest BCUT2D eigenvalue weighted by molar-refractivity contribution is 5.93. The lowest BCUT2D eigenvalue weighted by molar-refractivity contribution is -0.116. The number of hydrogen-bond acceptors (Lipinski definition) is 5. The number of carbonyl (C=O) groups is 1. The lowest BCUT2D eigenvalue weighted by Crippen LogP contribution is -2.39. The molecule has 1 amide bonds. The Balaban J connectivity index is 2.58. The van der Waals surface area contributed by atoms with E-state index in [4.69, 9.17) is 11.5 Å². The van der Waals surface area contributed by atoms with Crippen LogP contribution in [-0.2, 0) is 4.79 Å². The summed E-state index contributed by atoms with van der Waals surface area (Å²) in [5.41, 5.74) is 12.5. The Kier molecular flexibility index (Phi) is 3.50. The van der Waals surface area contributed by atoms with Crippen LogP contribution in [0.1, 0.15) is 13.8 Å². The van der Waals surface area contributed by atoms with E-state index in [0.29, 0.717) is 11.5 Å². The van der Waals surface area contributed by atoms with E-state index in [1.807, 2.05) is 24.8 Å². The number of hydrogen-bond donors (Lipinski definition) is 2. The molecule has 100 valence electrons. The second-order valence-corrected chi connectivity index (χ2v) is 4.66. The average molecular weight is 259 g/mol. The molecule has 0 spiro atoms. The largest absolute Gasteiger partial charge is 0.399 e. The topological polar surface area (TPSA) is 98.1 Å². The van der Waals surface area contributed by atoms with Crippen molar-refractivity contribution < 1.29 is 4.79 Å². The fourth-order valence-corrected chi connectivity index (χ4v) is 1.96. The zero-order chi connectivity index (χ0) is 14.0. The SMILES string of the molecule is CC(C)N(CC(N)=O)c1ncnc2ccc(N)cc12. The normalized spacial score (nSPS) is 10.9. The molecule has 4 N–H and O–H groups in total. The van der Waals surface area contributed by atoms with Crippen molar-refractivity contribution >= 4 is 28.3 Å². The number of nitrogens with zero attached hydrogens (tertiary/aromatic N) is 3. The molecule has 0 fully saturated rings. The maximum absolute atomic E-state index is 11.2. The number of aromatic nitrogens is 2. The van der Waals surface area contributed by atoms with Gasteiger partial charge in [-0.25, -0.2) is 9.97 Å². The van der Waals surface area contributed by atoms with Crippen molar-refractivity contribution in [2.45, 2.75) is 19.9 Å². The quantitative estimate of drug-likeness (QED) is 0.795. The van der Waals surface area contributed by atoms with E-state index < -0.39 is 5.91 Å². The first-order valence-electron chi connectivity index (χ1n) is 6.04. The third-order valence-electron chi connectivity index (χ3n) is 2.86. The molecule has 19 heavy (non-hydrogen) atoms. The molecule has 1 aromatic carbocycles. The molecule has 6 heteroatoms. The van der Waals surface area contributed by atoms with Gasteiger partial charge in [-0.1, -0.05) is 0 Å². The summed E-state index contributed by atoms with van der Waals surface area (Å²) in [5.74, 6) is 0.274. The molecule has 0 atom stereocenters. The second-order valence-electron chi connectivity index (χ2n) is 4.66. The molecule has 6 nitrogen and oxygen atoms in total. The van der Waals surface area contributed by atoms with E-state index >= 15 is 0 Å². The highest BCUT2D eigenvalue weighted by Gasteiger charge is 2.17. The van der Waals surface area contributed by atoms with Gasteiger partial charge in [-0.2, -0.15) is 0 Å². The first-order valence-corrected chi connectivity index (χ1v) is 6.04. The van der Waals surface area contributed by atoms with Gasteiger partial charge in [0.05, 0.1) is 12.1 Å². The minimum atomic E-state index is -0.399. The number of carbonyl (C=O) groups excluding carboxylic acids is 1. The van der Waals surface area contributed by atoms with Crippen molar-refractivity contribution in [1.82, 2.24) is 9.97 Å². The van der Waals surface area contributed by atoms with Crippen molar-refractivity contribution in [3.63, 3.8) is 0 Å². The summed E-state index contributed by atoms with van der Waals surface area (Å²) >= 11 is 0. The van der Waals surface area contributed by atoms with Gasteiger partial charge in [0, 0.05) is 17.1 Å². The molecular formula is C13H17N5O. The summed E-state index contributed by atoms with van der Waals surface area (Å²) in [6, 6.07) is 5.51. The zero-order valence-electron chi connectivity index (χ0n) is 11.0. The Morgan fingerprint density at radius 1 is 1.37 bits per heavy atom. The van der Waals surface area contributed by atoms with Crippen LogP contribution in [0.2, 0.25) is 0 Å². The first kappa shape index (κ1) is 13.1. The van der Waals surface area contributed by atoms with E-state index in [2.05, 4.69) is 9.97 Å². The molecule has 2 rings (SSSR count). The van der Waals surface area contributed by atoms with Crippen molar-refractivity contribution in [2.24, 2.45) is 5.73 Å². The number of rotatable bonds is 4. The van der Waals surface area contributed by atoms with Crippen LogP contribution < -0.4 is 16.4 Å². The van der Waals surface area contributed by atoms with Crippen LogP contribution in [0.3, 0.4) is 0 Å². The van der Waals surface area contributed by atoms with Gasteiger partial charge in [0.15, 0.2) is 0 Å². The van der Waals surface area contributed by atoms with E-state index in [1.165, 1.54) is 6.33 Å². The summed E-state index contributed by atoms with van der Waals surface area (Å²) in [7, 11) is 0. The van der Waals surface area contributed by atoms with Crippen LogP contribution >= 0.6 is 0 Å². The molecule has 2 aromatic rings. The van der Waals surface area contributed by atoms with Crippen LogP contribution in [0.15, 0.2) is 24.5 Å². The van der Waals surface area contributed by atoms with Gasteiger partial charge in [0.1, 0.15) is 12.1 Å².